The third kappa shape index (κ3) is 17.0. The van der Waals surface area contributed by atoms with Crippen molar-refractivity contribution in [3.63, 3.8) is 0 Å². The van der Waals surface area contributed by atoms with Gasteiger partial charge in [-0.25, -0.2) is 0 Å². The van der Waals surface area contributed by atoms with E-state index >= 15 is 0 Å². The highest BCUT2D eigenvalue weighted by Gasteiger charge is 1.91. The minimum Gasteiger partial charge on any atom is -0.516 e. The standard InChI is InChI=1S/C18H32O/c1-2-3-4-5-6-7-8-9-10-11-12-13-14-15-16-17-18-19/h13-19H,2-12H2,1H3/b14-13?,16-15?,18-17+. The second kappa shape index (κ2) is 17.0. The molecule has 0 amide bonds. The number of unbranched alkanes of at least 4 members (excludes halogenated alkanes) is 10. The maximum absolute atomic E-state index is 8.41. The summed E-state index contributed by atoms with van der Waals surface area (Å²) in [5.74, 6) is 0. The topological polar surface area (TPSA) is 20.2 Å². The normalized spacial score (nSPS) is 12.3. The van der Waals surface area contributed by atoms with Crippen LogP contribution in [-0.4, -0.2) is 5.11 Å². The van der Waals surface area contributed by atoms with Crippen molar-refractivity contribution < 1.29 is 5.11 Å². The van der Waals surface area contributed by atoms with Crippen LogP contribution in [0.5, 0.6) is 0 Å². The number of aliphatic hydroxyl groups excluding tert-OH is 1. The fourth-order valence-electron chi connectivity index (χ4n) is 2.10. The van der Waals surface area contributed by atoms with Gasteiger partial charge in [-0.1, -0.05) is 89.0 Å². The van der Waals surface area contributed by atoms with Gasteiger partial charge >= 0.3 is 0 Å². The first kappa shape index (κ1) is 18.0. The lowest BCUT2D eigenvalue weighted by atomic mass is 10.1. The Morgan fingerprint density at radius 3 is 1.74 bits per heavy atom. The maximum atomic E-state index is 8.41. The molecule has 1 N–H and O–H groups in total. The molecule has 1 heteroatoms. The van der Waals surface area contributed by atoms with E-state index in [1.165, 1.54) is 70.6 Å². The van der Waals surface area contributed by atoms with Gasteiger partial charge in [-0.2, -0.15) is 0 Å². The van der Waals surface area contributed by atoms with E-state index in [-0.39, 0.29) is 0 Å². The molecule has 0 fully saturated rings. The highest BCUT2D eigenvalue weighted by atomic mass is 16.2. The first-order chi connectivity index (χ1) is 9.41. The van der Waals surface area contributed by atoms with Crippen molar-refractivity contribution in [1.82, 2.24) is 0 Å². The molecule has 0 aliphatic rings. The Kier molecular flexibility index (Phi) is 16.1. The average molecular weight is 264 g/mol. The predicted molar refractivity (Wildman–Crippen MR) is 86.5 cm³/mol. The molecule has 0 saturated heterocycles. The zero-order valence-electron chi connectivity index (χ0n) is 12.7. The molecule has 0 atom stereocenters. The largest absolute Gasteiger partial charge is 0.516 e. The molecule has 0 saturated carbocycles. The van der Waals surface area contributed by atoms with Crippen molar-refractivity contribution in [2.75, 3.05) is 0 Å². The number of hydrogen-bond donors (Lipinski definition) is 1. The van der Waals surface area contributed by atoms with E-state index in [1.54, 1.807) is 6.08 Å². The van der Waals surface area contributed by atoms with Crippen molar-refractivity contribution in [2.24, 2.45) is 0 Å². The summed E-state index contributed by atoms with van der Waals surface area (Å²) < 4.78 is 0. The molecule has 0 aromatic heterocycles. The average Bonchev–Trinajstić information content (AvgIpc) is 2.43. The molecule has 0 spiro atoms. The zero-order chi connectivity index (χ0) is 14.0. The van der Waals surface area contributed by atoms with Gasteiger partial charge in [0.1, 0.15) is 0 Å². The number of allylic oxidation sites excluding steroid dienone is 5. The van der Waals surface area contributed by atoms with Crippen LogP contribution >= 0.6 is 0 Å². The van der Waals surface area contributed by atoms with Crippen molar-refractivity contribution in [1.29, 1.82) is 0 Å². The second-order valence-electron chi connectivity index (χ2n) is 5.13. The van der Waals surface area contributed by atoms with Crippen LogP contribution in [0.3, 0.4) is 0 Å². The third-order valence-corrected chi connectivity index (χ3v) is 3.28. The third-order valence-electron chi connectivity index (χ3n) is 3.28. The van der Waals surface area contributed by atoms with E-state index in [0.717, 1.165) is 6.26 Å². The molecule has 0 aliphatic carbocycles. The Hall–Kier alpha value is -0.980. The molecule has 0 unspecified atom stereocenters. The van der Waals surface area contributed by atoms with E-state index in [2.05, 4.69) is 13.0 Å². The number of hydrogen-bond acceptors (Lipinski definition) is 1. The Labute approximate surface area is 120 Å². The van der Waals surface area contributed by atoms with Gasteiger partial charge in [-0.05, 0) is 18.9 Å². The molecule has 0 aromatic rings. The van der Waals surface area contributed by atoms with Crippen molar-refractivity contribution in [2.45, 2.75) is 77.6 Å². The number of rotatable bonds is 13. The highest BCUT2D eigenvalue weighted by molar-refractivity contribution is 5.09. The molecular formula is C18H32O. The smallest absolute Gasteiger partial charge is 0.0791 e. The molecule has 19 heavy (non-hydrogen) atoms. The van der Waals surface area contributed by atoms with Crippen LogP contribution in [0, 0.1) is 0 Å². The van der Waals surface area contributed by atoms with E-state index in [9.17, 15) is 0 Å². The van der Waals surface area contributed by atoms with Gasteiger partial charge in [0.2, 0.25) is 0 Å². The Balaban J connectivity index is 3.10. The molecule has 0 rings (SSSR count). The summed E-state index contributed by atoms with van der Waals surface area (Å²) in [5, 5.41) is 8.41. The summed E-state index contributed by atoms with van der Waals surface area (Å²) in [5.41, 5.74) is 0. The molecule has 0 bridgehead atoms. The molecule has 0 radical (unpaired) electrons. The first-order valence-electron chi connectivity index (χ1n) is 8.04. The van der Waals surface area contributed by atoms with Crippen LogP contribution in [0.15, 0.2) is 36.6 Å². The summed E-state index contributed by atoms with van der Waals surface area (Å²) >= 11 is 0. The lowest BCUT2D eigenvalue weighted by molar-refractivity contribution is 0.474. The monoisotopic (exact) mass is 264 g/mol. The lowest BCUT2D eigenvalue weighted by Crippen LogP contribution is -1.81. The Bertz CT molecular complexity index is 238. The number of aliphatic hydroxyl groups is 1. The summed E-state index contributed by atoms with van der Waals surface area (Å²) in [6.07, 6.45) is 25.8. The van der Waals surface area contributed by atoms with E-state index in [4.69, 9.17) is 5.11 Å². The van der Waals surface area contributed by atoms with Gasteiger partial charge < -0.3 is 5.11 Å². The Morgan fingerprint density at radius 2 is 1.16 bits per heavy atom. The molecule has 110 valence electrons. The first-order valence-corrected chi connectivity index (χ1v) is 8.04. The fraction of sp³-hybridized carbons (Fsp3) is 0.667. The Morgan fingerprint density at radius 1 is 0.632 bits per heavy atom. The summed E-state index contributed by atoms with van der Waals surface area (Å²) in [6, 6.07) is 0. The van der Waals surface area contributed by atoms with Crippen molar-refractivity contribution in [3.05, 3.63) is 36.6 Å². The van der Waals surface area contributed by atoms with Crippen LogP contribution in [0.2, 0.25) is 0 Å². The van der Waals surface area contributed by atoms with Crippen LogP contribution in [0.1, 0.15) is 77.6 Å². The molecular weight excluding hydrogens is 232 g/mol. The summed E-state index contributed by atoms with van der Waals surface area (Å²) in [6.45, 7) is 2.27. The van der Waals surface area contributed by atoms with Crippen LogP contribution in [0.4, 0.5) is 0 Å². The second-order valence-corrected chi connectivity index (χ2v) is 5.13. The predicted octanol–water partition coefficient (Wildman–Crippen LogP) is 6.48. The van der Waals surface area contributed by atoms with Crippen LogP contribution in [0.25, 0.3) is 0 Å². The molecule has 0 aromatic carbocycles. The van der Waals surface area contributed by atoms with Gasteiger partial charge in [0.05, 0.1) is 6.26 Å². The maximum Gasteiger partial charge on any atom is 0.0791 e. The van der Waals surface area contributed by atoms with Crippen LogP contribution < -0.4 is 0 Å². The zero-order valence-corrected chi connectivity index (χ0v) is 12.7. The van der Waals surface area contributed by atoms with Crippen molar-refractivity contribution >= 4 is 0 Å². The van der Waals surface area contributed by atoms with Gasteiger partial charge in [0.25, 0.3) is 0 Å². The van der Waals surface area contributed by atoms with Crippen LogP contribution in [-0.2, 0) is 0 Å². The van der Waals surface area contributed by atoms with E-state index in [1.807, 2.05) is 18.2 Å². The summed E-state index contributed by atoms with van der Waals surface area (Å²) in [4.78, 5) is 0. The van der Waals surface area contributed by atoms with Gasteiger partial charge in [-0.3, -0.25) is 0 Å². The lowest BCUT2D eigenvalue weighted by Gasteiger charge is -2.01. The minimum absolute atomic E-state index is 1.05. The molecule has 0 heterocycles. The van der Waals surface area contributed by atoms with Crippen molar-refractivity contribution in [3.8, 4) is 0 Å². The van der Waals surface area contributed by atoms with E-state index in [0.29, 0.717) is 0 Å². The molecule has 1 nitrogen and oxygen atoms in total. The quantitative estimate of drug-likeness (QED) is 0.229. The SMILES string of the molecule is CCCCCCCCCCCCC=CC=C/C=C/O. The summed E-state index contributed by atoms with van der Waals surface area (Å²) in [7, 11) is 0. The van der Waals surface area contributed by atoms with Gasteiger partial charge in [0, 0.05) is 0 Å². The van der Waals surface area contributed by atoms with Gasteiger partial charge in [-0.15, -0.1) is 0 Å². The molecule has 0 aliphatic heterocycles. The minimum atomic E-state index is 1.05. The van der Waals surface area contributed by atoms with Gasteiger partial charge in [0.15, 0.2) is 0 Å². The highest BCUT2D eigenvalue weighted by Crippen LogP contribution is 2.11. The fourth-order valence-corrected chi connectivity index (χ4v) is 2.10. The van der Waals surface area contributed by atoms with E-state index < -0.39 is 0 Å².